The number of oxime groups is 1. The third kappa shape index (κ3) is 2.87. The van der Waals surface area contributed by atoms with Crippen LogP contribution in [-0.2, 0) is 4.79 Å². The number of piperidine rings is 1. The second-order valence-electron chi connectivity index (χ2n) is 4.46. The average Bonchev–Trinajstić information content (AvgIpc) is 2.36. The van der Waals surface area contributed by atoms with Crippen LogP contribution in [0, 0.1) is 11.8 Å². The molecule has 1 aliphatic heterocycles. The van der Waals surface area contributed by atoms with Crippen molar-refractivity contribution in [1.82, 2.24) is 4.90 Å². The van der Waals surface area contributed by atoms with Crippen molar-refractivity contribution >= 4 is 11.7 Å². The van der Waals surface area contributed by atoms with Gasteiger partial charge in [-0.15, -0.1) is 0 Å². The lowest BCUT2D eigenvalue weighted by Gasteiger charge is -2.33. The molecule has 0 spiro atoms. The van der Waals surface area contributed by atoms with Gasteiger partial charge in [0, 0.05) is 24.9 Å². The Morgan fingerprint density at radius 3 is 2.94 bits per heavy atom. The molecule has 2 atom stereocenters. The molecule has 0 aromatic carbocycles. The fraction of sp³-hybridized carbons (Fsp3) is 0.818. The van der Waals surface area contributed by atoms with Crippen LogP contribution >= 0.6 is 0 Å². The number of nitrogens with two attached hydrogens (primary N) is 1. The van der Waals surface area contributed by atoms with E-state index < -0.39 is 0 Å². The molecule has 16 heavy (non-hydrogen) atoms. The quantitative estimate of drug-likeness (QED) is 0.327. The number of likely N-dealkylation sites (tertiary alicyclic amines) is 1. The van der Waals surface area contributed by atoms with Crippen molar-refractivity contribution in [2.24, 2.45) is 22.7 Å². The molecule has 3 N–H and O–H groups in total. The highest BCUT2D eigenvalue weighted by molar-refractivity contribution is 5.84. The van der Waals surface area contributed by atoms with Crippen LogP contribution in [-0.4, -0.2) is 34.9 Å². The topological polar surface area (TPSA) is 78.9 Å². The first-order valence-corrected chi connectivity index (χ1v) is 5.86. The first-order valence-electron chi connectivity index (χ1n) is 5.86. The van der Waals surface area contributed by atoms with Gasteiger partial charge < -0.3 is 15.8 Å². The highest BCUT2D eigenvalue weighted by Crippen LogP contribution is 2.19. The van der Waals surface area contributed by atoms with Crippen molar-refractivity contribution < 1.29 is 10.0 Å². The second-order valence-corrected chi connectivity index (χ2v) is 4.46. The molecule has 0 saturated carbocycles. The van der Waals surface area contributed by atoms with Crippen molar-refractivity contribution in [2.45, 2.75) is 33.1 Å². The average molecular weight is 227 g/mol. The van der Waals surface area contributed by atoms with Crippen LogP contribution in [0.25, 0.3) is 0 Å². The molecule has 0 aromatic heterocycles. The van der Waals surface area contributed by atoms with E-state index in [-0.39, 0.29) is 23.6 Å². The van der Waals surface area contributed by atoms with Gasteiger partial charge in [-0.2, -0.15) is 0 Å². The number of amidine groups is 1. The van der Waals surface area contributed by atoms with Crippen LogP contribution in [0.3, 0.4) is 0 Å². The fourth-order valence-corrected chi connectivity index (χ4v) is 1.99. The minimum atomic E-state index is 0.00626. The van der Waals surface area contributed by atoms with Gasteiger partial charge in [0.2, 0.25) is 5.91 Å². The Bertz CT molecular complexity index is 278. The van der Waals surface area contributed by atoms with E-state index in [2.05, 4.69) is 5.16 Å². The maximum absolute atomic E-state index is 12.0. The molecule has 1 fully saturated rings. The molecule has 5 heteroatoms. The Balaban J connectivity index is 2.60. The highest BCUT2D eigenvalue weighted by atomic mass is 16.4. The number of hydrogen-bond acceptors (Lipinski definition) is 3. The SMILES string of the molecule is CCC(C)C(=O)N1CCCC(C(N)=NO)C1. The van der Waals surface area contributed by atoms with Crippen molar-refractivity contribution in [2.75, 3.05) is 13.1 Å². The number of carbonyl (C=O) groups is 1. The largest absolute Gasteiger partial charge is 0.409 e. The van der Waals surface area contributed by atoms with Crippen LogP contribution in [0.4, 0.5) is 0 Å². The lowest BCUT2D eigenvalue weighted by Crippen LogP contribution is -2.45. The summed E-state index contributed by atoms with van der Waals surface area (Å²) in [5, 5.41) is 11.7. The van der Waals surface area contributed by atoms with Crippen LogP contribution in [0.2, 0.25) is 0 Å². The maximum atomic E-state index is 12.0. The standard InChI is InChI=1S/C11H21N3O2/c1-3-8(2)11(15)14-6-4-5-9(7-14)10(12)13-16/h8-9,16H,3-7H2,1-2H3,(H2,12,13). The summed E-state index contributed by atoms with van der Waals surface area (Å²) in [5.74, 6) is 0.484. The third-order valence-electron chi connectivity index (χ3n) is 3.30. The number of carbonyl (C=O) groups excluding carboxylic acids is 1. The van der Waals surface area contributed by atoms with E-state index in [1.54, 1.807) is 0 Å². The molecule has 0 radical (unpaired) electrons. The first kappa shape index (κ1) is 12.8. The zero-order chi connectivity index (χ0) is 12.1. The number of nitrogens with zero attached hydrogens (tertiary/aromatic N) is 2. The number of amides is 1. The van der Waals surface area contributed by atoms with Gasteiger partial charge in [-0.1, -0.05) is 19.0 Å². The van der Waals surface area contributed by atoms with Gasteiger partial charge in [-0.3, -0.25) is 4.79 Å². The summed E-state index contributed by atoms with van der Waals surface area (Å²) < 4.78 is 0. The normalized spacial score (nSPS) is 24.2. The van der Waals surface area contributed by atoms with Crippen LogP contribution in [0.5, 0.6) is 0 Å². The van der Waals surface area contributed by atoms with Crippen molar-refractivity contribution in [1.29, 1.82) is 0 Å². The Morgan fingerprint density at radius 1 is 1.69 bits per heavy atom. The molecule has 5 nitrogen and oxygen atoms in total. The number of hydrogen-bond donors (Lipinski definition) is 2. The summed E-state index contributed by atoms with van der Waals surface area (Å²) in [7, 11) is 0. The highest BCUT2D eigenvalue weighted by Gasteiger charge is 2.27. The fourth-order valence-electron chi connectivity index (χ4n) is 1.99. The first-order chi connectivity index (χ1) is 7.60. The molecule has 0 aliphatic carbocycles. The summed E-state index contributed by atoms with van der Waals surface area (Å²) in [4.78, 5) is 13.8. The van der Waals surface area contributed by atoms with Gasteiger partial charge in [0.15, 0.2) is 0 Å². The zero-order valence-electron chi connectivity index (χ0n) is 10.0. The van der Waals surface area contributed by atoms with Gasteiger partial charge in [0.1, 0.15) is 5.84 Å². The van der Waals surface area contributed by atoms with Crippen LogP contribution in [0.15, 0.2) is 5.16 Å². The summed E-state index contributed by atoms with van der Waals surface area (Å²) >= 11 is 0. The number of rotatable bonds is 3. The smallest absolute Gasteiger partial charge is 0.225 e. The molecule has 0 aromatic rings. The van der Waals surface area contributed by atoms with E-state index in [1.807, 2.05) is 18.7 Å². The molecule has 1 saturated heterocycles. The van der Waals surface area contributed by atoms with Crippen molar-refractivity contribution in [3.63, 3.8) is 0 Å². The van der Waals surface area contributed by atoms with Crippen molar-refractivity contribution in [3.8, 4) is 0 Å². The van der Waals surface area contributed by atoms with E-state index >= 15 is 0 Å². The van der Waals surface area contributed by atoms with Gasteiger partial charge in [0.25, 0.3) is 0 Å². The van der Waals surface area contributed by atoms with E-state index in [9.17, 15) is 4.79 Å². The van der Waals surface area contributed by atoms with E-state index in [0.29, 0.717) is 6.54 Å². The van der Waals surface area contributed by atoms with E-state index in [4.69, 9.17) is 10.9 Å². The van der Waals surface area contributed by atoms with Crippen LogP contribution < -0.4 is 5.73 Å². The molecule has 1 rings (SSSR count). The molecule has 0 bridgehead atoms. The van der Waals surface area contributed by atoms with Gasteiger partial charge >= 0.3 is 0 Å². The van der Waals surface area contributed by atoms with Crippen LogP contribution in [0.1, 0.15) is 33.1 Å². The molecule has 1 heterocycles. The second kappa shape index (κ2) is 5.72. The van der Waals surface area contributed by atoms with Gasteiger partial charge in [-0.05, 0) is 19.3 Å². The Labute approximate surface area is 96.3 Å². The lowest BCUT2D eigenvalue weighted by atomic mass is 9.95. The molecular weight excluding hydrogens is 206 g/mol. The minimum absolute atomic E-state index is 0.00626. The minimum Gasteiger partial charge on any atom is -0.409 e. The summed E-state index contributed by atoms with van der Waals surface area (Å²) in [6.07, 6.45) is 2.66. The maximum Gasteiger partial charge on any atom is 0.225 e. The van der Waals surface area contributed by atoms with Crippen molar-refractivity contribution in [3.05, 3.63) is 0 Å². The molecule has 1 aliphatic rings. The molecule has 1 amide bonds. The molecule has 92 valence electrons. The Kier molecular flexibility index (Phi) is 4.58. The predicted molar refractivity (Wildman–Crippen MR) is 62.2 cm³/mol. The monoisotopic (exact) mass is 227 g/mol. The summed E-state index contributed by atoms with van der Waals surface area (Å²) in [5.41, 5.74) is 5.58. The zero-order valence-corrected chi connectivity index (χ0v) is 10.0. The molecule has 2 unspecified atom stereocenters. The van der Waals surface area contributed by atoms with E-state index in [1.165, 1.54) is 0 Å². The van der Waals surface area contributed by atoms with Gasteiger partial charge in [0.05, 0.1) is 0 Å². The van der Waals surface area contributed by atoms with Gasteiger partial charge in [-0.25, -0.2) is 0 Å². The third-order valence-corrected chi connectivity index (χ3v) is 3.30. The predicted octanol–water partition coefficient (Wildman–Crippen LogP) is 1.02. The Morgan fingerprint density at radius 2 is 2.38 bits per heavy atom. The van der Waals surface area contributed by atoms with E-state index in [0.717, 1.165) is 25.8 Å². The Hall–Kier alpha value is -1.26. The summed E-state index contributed by atoms with van der Waals surface area (Å²) in [6, 6.07) is 0. The lowest BCUT2D eigenvalue weighted by molar-refractivity contribution is -0.136. The molecular formula is C11H21N3O2. The summed E-state index contributed by atoms with van der Waals surface area (Å²) in [6.45, 7) is 5.32.